The van der Waals surface area contributed by atoms with Crippen LogP contribution in [0.15, 0.2) is 201 Å². The molecule has 0 fully saturated rings. The average Bonchev–Trinajstić information content (AvgIpc) is 3.89. The van der Waals surface area contributed by atoms with Crippen LogP contribution in [0.4, 0.5) is 0 Å². The molecule has 0 bridgehead atoms. The summed E-state index contributed by atoms with van der Waals surface area (Å²) in [5.41, 5.74) is 11.9. The Kier molecular flexibility index (Phi) is 7.12. The molecule has 0 aliphatic carbocycles. The third kappa shape index (κ3) is 4.50. The van der Waals surface area contributed by atoms with E-state index in [1.54, 1.807) is 0 Å². The van der Waals surface area contributed by atoms with Gasteiger partial charge in [-0.2, -0.15) is 5.26 Å². The number of hydrogen-bond donors (Lipinski definition) is 0. The number of pyridine rings is 2. The van der Waals surface area contributed by atoms with Crippen LogP contribution in [-0.4, -0.2) is 19.1 Å². The number of fused-ring (bicyclic) bond motifs is 6. The Labute approximate surface area is 366 Å². The summed E-state index contributed by atoms with van der Waals surface area (Å²) in [6.45, 7) is 0. The molecule has 5 heteroatoms. The molecule has 0 spiro atoms. The quantitative estimate of drug-likeness (QED) is 0.163. The number of aromatic nitrogens is 4. The first-order chi connectivity index (χ1) is 31.8. The molecule has 14 rings (SSSR count). The number of benzene rings is 10. The molecule has 0 unspecified atom stereocenters. The van der Waals surface area contributed by atoms with Gasteiger partial charge in [0.15, 0.2) is 0 Å². The van der Waals surface area contributed by atoms with Gasteiger partial charge in [-0.3, -0.25) is 9.55 Å². The van der Waals surface area contributed by atoms with E-state index in [0.717, 1.165) is 110 Å². The van der Waals surface area contributed by atoms with Crippen molar-refractivity contribution in [3.63, 3.8) is 0 Å². The molecular formula is C59H33N5. The van der Waals surface area contributed by atoms with Gasteiger partial charge in [-0.1, -0.05) is 164 Å². The fourth-order valence-electron chi connectivity index (χ4n) is 11.2. The lowest BCUT2D eigenvalue weighted by Gasteiger charge is -2.27. The largest absolute Gasteiger partial charge is 0.306 e. The molecule has 4 aromatic heterocycles. The second kappa shape index (κ2) is 13.1. The Bertz CT molecular complexity index is 3810. The molecule has 0 radical (unpaired) electrons. The van der Waals surface area contributed by atoms with E-state index in [1.807, 2.05) is 18.6 Å². The maximum atomic E-state index is 12.3. The predicted molar refractivity (Wildman–Crippen MR) is 264 cm³/mol. The molecule has 0 atom stereocenters. The molecule has 294 valence electrons. The van der Waals surface area contributed by atoms with Gasteiger partial charge < -0.3 is 4.57 Å². The van der Waals surface area contributed by atoms with Crippen molar-refractivity contribution >= 4 is 86.8 Å². The van der Waals surface area contributed by atoms with E-state index in [1.165, 1.54) is 21.5 Å². The third-order valence-corrected chi connectivity index (χ3v) is 13.6. The minimum Gasteiger partial charge on any atom is -0.306 e. The summed E-state index contributed by atoms with van der Waals surface area (Å²) in [5.74, 6) is 0. The van der Waals surface area contributed by atoms with Gasteiger partial charge in [0.1, 0.15) is 17.3 Å². The average molecular weight is 812 g/mol. The molecule has 0 saturated carbocycles. The van der Waals surface area contributed by atoms with Crippen molar-refractivity contribution in [2.45, 2.75) is 0 Å². The normalized spacial score (nSPS) is 12.0. The number of nitriles is 1. The van der Waals surface area contributed by atoms with Gasteiger partial charge in [-0.15, -0.1) is 0 Å². The van der Waals surface area contributed by atoms with Crippen LogP contribution in [-0.2, 0) is 0 Å². The van der Waals surface area contributed by atoms with Gasteiger partial charge in [0.25, 0.3) is 0 Å². The highest BCUT2D eigenvalue weighted by molar-refractivity contribution is 6.35. The fourth-order valence-corrected chi connectivity index (χ4v) is 11.2. The van der Waals surface area contributed by atoms with Gasteiger partial charge in [0, 0.05) is 56.0 Å². The van der Waals surface area contributed by atoms with Crippen LogP contribution in [0.5, 0.6) is 0 Å². The van der Waals surface area contributed by atoms with Gasteiger partial charge in [0.05, 0.1) is 34.1 Å². The minimum absolute atomic E-state index is 0.539. The van der Waals surface area contributed by atoms with Crippen LogP contribution in [0.25, 0.3) is 132 Å². The van der Waals surface area contributed by atoms with Crippen molar-refractivity contribution < 1.29 is 0 Å². The summed E-state index contributed by atoms with van der Waals surface area (Å²) in [6, 6.07) is 67.4. The van der Waals surface area contributed by atoms with Crippen LogP contribution in [0, 0.1) is 11.3 Å². The van der Waals surface area contributed by atoms with E-state index < -0.39 is 0 Å². The molecule has 0 aliphatic rings. The lowest BCUT2D eigenvalue weighted by Crippen LogP contribution is -2.11. The van der Waals surface area contributed by atoms with Crippen LogP contribution in [0.1, 0.15) is 5.56 Å². The summed E-state index contributed by atoms with van der Waals surface area (Å²) in [5, 5.41) is 26.1. The summed E-state index contributed by atoms with van der Waals surface area (Å²) in [7, 11) is 0. The first-order valence-electron chi connectivity index (χ1n) is 21.6. The molecule has 64 heavy (non-hydrogen) atoms. The van der Waals surface area contributed by atoms with Crippen LogP contribution >= 0.6 is 0 Å². The molecule has 10 aromatic carbocycles. The SMILES string of the molecule is N#Cc1c(-n2c3cccc4c5ccccc5c5cncc2c5c43)c(-c2ccccc2)c(-c2ccccc2)c(-c2ccccc2)c1-n1c2cccc3c4ccccc4c4ccnc1c4c32. The zero-order valence-corrected chi connectivity index (χ0v) is 34.3. The highest BCUT2D eigenvalue weighted by Crippen LogP contribution is 2.54. The summed E-state index contributed by atoms with van der Waals surface area (Å²) in [4.78, 5) is 10.3. The first-order valence-corrected chi connectivity index (χ1v) is 21.6. The molecule has 0 amide bonds. The van der Waals surface area contributed by atoms with Crippen LogP contribution in [0.2, 0.25) is 0 Å². The zero-order chi connectivity index (χ0) is 42.0. The van der Waals surface area contributed by atoms with Gasteiger partial charge >= 0.3 is 0 Å². The maximum Gasteiger partial charge on any atom is 0.146 e. The highest BCUT2D eigenvalue weighted by Gasteiger charge is 2.33. The number of hydrogen-bond acceptors (Lipinski definition) is 3. The lowest BCUT2D eigenvalue weighted by atomic mass is 9.82. The molecule has 14 aromatic rings. The minimum atomic E-state index is 0.539. The van der Waals surface area contributed by atoms with E-state index in [2.05, 4.69) is 197 Å². The molecule has 0 N–H and O–H groups in total. The van der Waals surface area contributed by atoms with Crippen LogP contribution in [0.3, 0.4) is 0 Å². The predicted octanol–water partition coefficient (Wildman–Crippen LogP) is 15.0. The molecular weight excluding hydrogens is 779 g/mol. The van der Waals surface area contributed by atoms with E-state index in [9.17, 15) is 5.26 Å². The Morgan fingerprint density at radius 3 is 1.36 bits per heavy atom. The van der Waals surface area contributed by atoms with E-state index in [-0.39, 0.29) is 0 Å². The van der Waals surface area contributed by atoms with Crippen molar-refractivity contribution in [1.82, 2.24) is 19.1 Å². The third-order valence-electron chi connectivity index (χ3n) is 13.6. The molecule has 4 heterocycles. The van der Waals surface area contributed by atoms with Gasteiger partial charge in [-0.25, -0.2) is 4.98 Å². The Hall–Kier alpha value is -8.85. The Balaban J connectivity index is 1.30. The smallest absolute Gasteiger partial charge is 0.146 e. The van der Waals surface area contributed by atoms with Gasteiger partial charge in [0.2, 0.25) is 0 Å². The second-order valence-electron chi connectivity index (χ2n) is 16.7. The van der Waals surface area contributed by atoms with Crippen molar-refractivity contribution in [1.29, 1.82) is 5.26 Å². The molecule has 0 saturated heterocycles. The maximum absolute atomic E-state index is 12.3. The van der Waals surface area contributed by atoms with Crippen LogP contribution < -0.4 is 0 Å². The Morgan fingerprint density at radius 2 is 0.797 bits per heavy atom. The molecule has 5 nitrogen and oxygen atoms in total. The monoisotopic (exact) mass is 811 g/mol. The van der Waals surface area contributed by atoms with Crippen molar-refractivity contribution in [3.8, 4) is 50.8 Å². The van der Waals surface area contributed by atoms with Crippen molar-refractivity contribution in [2.24, 2.45) is 0 Å². The standard InChI is InChI=1S/C59H33N5/c60-32-45-57(63-47-28-14-26-42-40-24-12-13-25-41(40)46-33-61-34-49(63)55(46)53(42)47)51(36-18-6-2-7-19-36)50(35-16-4-1-5-17-35)52(37-20-8-3-9-21-37)58(45)64-48-29-15-27-43-38-22-10-11-23-39(38)44-30-31-62-59(64)56(44)54(43)48/h1-31,33-34H. The van der Waals surface area contributed by atoms with Gasteiger partial charge in [-0.05, 0) is 72.6 Å². The summed E-state index contributed by atoms with van der Waals surface area (Å²) >= 11 is 0. The second-order valence-corrected chi connectivity index (χ2v) is 16.7. The summed E-state index contributed by atoms with van der Waals surface area (Å²) < 4.78 is 4.64. The van der Waals surface area contributed by atoms with E-state index in [4.69, 9.17) is 9.97 Å². The van der Waals surface area contributed by atoms with E-state index in [0.29, 0.717) is 5.56 Å². The summed E-state index contributed by atoms with van der Waals surface area (Å²) in [6.07, 6.45) is 5.91. The molecule has 0 aliphatic heterocycles. The van der Waals surface area contributed by atoms with Crippen molar-refractivity contribution in [3.05, 3.63) is 206 Å². The van der Waals surface area contributed by atoms with E-state index >= 15 is 0 Å². The first kappa shape index (κ1) is 34.8. The topological polar surface area (TPSA) is 59.4 Å². The number of rotatable bonds is 5. The lowest BCUT2D eigenvalue weighted by molar-refractivity contribution is 1.10. The Morgan fingerprint density at radius 1 is 0.359 bits per heavy atom. The zero-order valence-electron chi connectivity index (χ0n) is 34.3. The van der Waals surface area contributed by atoms with Crippen molar-refractivity contribution in [2.75, 3.05) is 0 Å². The highest BCUT2D eigenvalue weighted by atomic mass is 15.1. The number of nitrogens with zero attached hydrogens (tertiary/aromatic N) is 5. The fraction of sp³-hybridized carbons (Fsp3) is 0.